The summed E-state index contributed by atoms with van der Waals surface area (Å²) in [4.78, 5) is 0. The minimum absolute atomic E-state index is 0.462. The molecule has 19 heavy (non-hydrogen) atoms. The Bertz CT molecular complexity index is 568. The third-order valence-electron chi connectivity index (χ3n) is 3.32. The summed E-state index contributed by atoms with van der Waals surface area (Å²) in [6, 6.07) is 20.5. The molecular formula is C16H12ClIO. The second kappa shape index (κ2) is 5.27. The lowest BCUT2D eigenvalue weighted by atomic mass is 9.86. The summed E-state index contributed by atoms with van der Waals surface area (Å²) in [6.45, 7) is 0.462. The SMILES string of the molecule is ClC1=C(I)C(c2ccccc2)(c2ccccc2)OC1. The molecule has 3 rings (SSSR count). The van der Waals surface area contributed by atoms with Gasteiger partial charge in [0.05, 0.1) is 11.6 Å². The Hall–Kier alpha value is -0.840. The van der Waals surface area contributed by atoms with Gasteiger partial charge in [-0.3, -0.25) is 0 Å². The molecule has 3 heteroatoms. The summed E-state index contributed by atoms with van der Waals surface area (Å²) in [5.74, 6) is 0. The van der Waals surface area contributed by atoms with Crippen LogP contribution < -0.4 is 0 Å². The average molecular weight is 383 g/mol. The summed E-state index contributed by atoms with van der Waals surface area (Å²) in [5.41, 5.74) is 1.67. The van der Waals surface area contributed by atoms with Crippen molar-refractivity contribution < 1.29 is 4.74 Å². The first-order chi connectivity index (χ1) is 9.25. The lowest BCUT2D eigenvalue weighted by Gasteiger charge is -2.30. The van der Waals surface area contributed by atoms with E-state index in [1.165, 1.54) is 0 Å². The number of benzene rings is 2. The Labute approximate surface area is 131 Å². The molecule has 1 heterocycles. The summed E-state index contributed by atoms with van der Waals surface area (Å²) in [7, 11) is 0. The van der Waals surface area contributed by atoms with E-state index in [-0.39, 0.29) is 0 Å². The van der Waals surface area contributed by atoms with Crippen LogP contribution in [0.5, 0.6) is 0 Å². The molecule has 0 unspecified atom stereocenters. The van der Waals surface area contributed by atoms with Crippen LogP contribution >= 0.6 is 34.2 Å². The summed E-state index contributed by atoms with van der Waals surface area (Å²) < 4.78 is 7.17. The van der Waals surface area contributed by atoms with Crippen molar-refractivity contribution in [1.82, 2.24) is 0 Å². The molecule has 0 atom stereocenters. The smallest absolute Gasteiger partial charge is 0.151 e. The summed E-state index contributed by atoms with van der Waals surface area (Å²) >= 11 is 8.60. The van der Waals surface area contributed by atoms with Crippen LogP contribution in [0.15, 0.2) is 69.3 Å². The Morgan fingerprint density at radius 3 is 1.74 bits per heavy atom. The molecule has 1 nitrogen and oxygen atoms in total. The molecular weight excluding hydrogens is 371 g/mol. The fraction of sp³-hybridized carbons (Fsp3) is 0.125. The maximum atomic E-state index is 6.29. The monoisotopic (exact) mass is 382 g/mol. The minimum atomic E-state index is -0.555. The van der Waals surface area contributed by atoms with Gasteiger partial charge in [0.25, 0.3) is 0 Å². The van der Waals surface area contributed by atoms with E-state index in [0.717, 1.165) is 19.7 Å². The molecule has 2 aromatic rings. The van der Waals surface area contributed by atoms with E-state index >= 15 is 0 Å². The maximum absolute atomic E-state index is 6.29. The fourth-order valence-electron chi connectivity index (χ4n) is 2.42. The molecule has 0 N–H and O–H groups in total. The van der Waals surface area contributed by atoms with E-state index in [1.807, 2.05) is 36.4 Å². The van der Waals surface area contributed by atoms with E-state index in [4.69, 9.17) is 16.3 Å². The van der Waals surface area contributed by atoms with Crippen molar-refractivity contribution in [2.75, 3.05) is 6.61 Å². The van der Waals surface area contributed by atoms with Crippen LogP contribution in [0.1, 0.15) is 11.1 Å². The lowest BCUT2D eigenvalue weighted by Crippen LogP contribution is -2.28. The Kier molecular flexibility index (Phi) is 3.65. The van der Waals surface area contributed by atoms with E-state index in [1.54, 1.807) is 0 Å². The quantitative estimate of drug-likeness (QED) is 0.675. The van der Waals surface area contributed by atoms with Crippen LogP contribution in [0.25, 0.3) is 0 Å². The fourth-order valence-corrected chi connectivity index (χ4v) is 3.54. The van der Waals surface area contributed by atoms with E-state index in [0.29, 0.717) is 6.61 Å². The van der Waals surface area contributed by atoms with Gasteiger partial charge in [-0.25, -0.2) is 0 Å². The zero-order valence-electron chi connectivity index (χ0n) is 10.1. The van der Waals surface area contributed by atoms with Crippen LogP contribution in [0.3, 0.4) is 0 Å². The Morgan fingerprint density at radius 1 is 0.895 bits per heavy atom. The predicted octanol–water partition coefficient (Wildman–Crippen LogP) is 4.85. The van der Waals surface area contributed by atoms with Crippen molar-refractivity contribution in [1.29, 1.82) is 0 Å². The highest BCUT2D eigenvalue weighted by molar-refractivity contribution is 14.1. The van der Waals surface area contributed by atoms with Gasteiger partial charge in [-0.2, -0.15) is 0 Å². The van der Waals surface area contributed by atoms with Crippen molar-refractivity contribution in [2.24, 2.45) is 0 Å². The van der Waals surface area contributed by atoms with Crippen molar-refractivity contribution >= 4 is 34.2 Å². The van der Waals surface area contributed by atoms with Gasteiger partial charge in [0.2, 0.25) is 0 Å². The highest BCUT2D eigenvalue weighted by Crippen LogP contribution is 2.49. The molecule has 0 fully saturated rings. The molecule has 0 aliphatic carbocycles. The first-order valence-electron chi connectivity index (χ1n) is 6.05. The van der Waals surface area contributed by atoms with Crippen molar-refractivity contribution in [3.05, 3.63) is 80.4 Å². The zero-order chi connectivity index (χ0) is 13.3. The standard InChI is InChI=1S/C16H12ClIO/c17-14-11-19-16(15(14)18,12-7-3-1-4-8-12)13-9-5-2-6-10-13/h1-10H,11H2. The zero-order valence-corrected chi connectivity index (χ0v) is 13.1. The summed E-state index contributed by atoms with van der Waals surface area (Å²) in [5, 5.41) is 0.785. The van der Waals surface area contributed by atoms with Crippen LogP contribution in [0.2, 0.25) is 0 Å². The van der Waals surface area contributed by atoms with Crippen LogP contribution in [-0.4, -0.2) is 6.61 Å². The number of halogens is 2. The van der Waals surface area contributed by atoms with E-state index < -0.39 is 5.60 Å². The van der Waals surface area contributed by atoms with Crippen LogP contribution in [0, 0.1) is 0 Å². The van der Waals surface area contributed by atoms with Crippen molar-refractivity contribution in [2.45, 2.75) is 5.60 Å². The van der Waals surface area contributed by atoms with Crippen molar-refractivity contribution in [3.8, 4) is 0 Å². The van der Waals surface area contributed by atoms with Gasteiger partial charge >= 0.3 is 0 Å². The molecule has 0 spiro atoms. The van der Waals surface area contributed by atoms with Gasteiger partial charge in [0.15, 0.2) is 5.60 Å². The number of hydrogen-bond acceptors (Lipinski definition) is 1. The minimum Gasteiger partial charge on any atom is -0.355 e. The molecule has 0 radical (unpaired) electrons. The third kappa shape index (κ3) is 2.12. The first-order valence-corrected chi connectivity index (χ1v) is 7.50. The predicted molar refractivity (Wildman–Crippen MR) is 86.5 cm³/mol. The molecule has 1 aliphatic rings. The Morgan fingerprint density at radius 2 is 1.37 bits per heavy atom. The van der Waals surface area contributed by atoms with Gasteiger partial charge in [-0.1, -0.05) is 72.3 Å². The van der Waals surface area contributed by atoms with Gasteiger partial charge in [-0.15, -0.1) is 0 Å². The molecule has 96 valence electrons. The molecule has 0 saturated heterocycles. The van der Waals surface area contributed by atoms with Crippen molar-refractivity contribution in [3.63, 3.8) is 0 Å². The third-order valence-corrected chi connectivity index (χ3v) is 5.35. The highest BCUT2D eigenvalue weighted by Gasteiger charge is 2.43. The number of hydrogen-bond donors (Lipinski definition) is 0. The van der Waals surface area contributed by atoms with E-state index in [9.17, 15) is 0 Å². The normalized spacial score (nSPS) is 17.8. The topological polar surface area (TPSA) is 9.23 Å². The second-order valence-electron chi connectivity index (χ2n) is 4.42. The molecule has 1 aliphatic heterocycles. The molecule has 0 amide bonds. The average Bonchev–Trinajstić information content (AvgIpc) is 2.78. The second-order valence-corrected chi connectivity index (χ2v) is 5.96. The molecule has 2 aromatic carbocycles. The van der Waals surface area contributed by atoms with Gasteiger partial charge in [0, 0.05) is 3.58 Å². The van der Waals surface area contributed by atoms with E-state index in [2.05, 4.69) is 46.9 Å². The maximum Gasteiger partial charge on any atom is 0.151 e. The van der Waals surface area contributed by atoms with Gasteiger partial charge in [-0.05, 0) is 33.7 Å². The lowest BCUT2D eigenvalue weighted by molar-refractivity contribution is 0.0553. The van der Waals surface area contributed by atoms with Crippen LogP contribution in [0.4, 0.5) is 0 Å². The number of rotatable bonds is 2. The largest absolute Gasteiger partial charge is 0.355 e. The molecule has 0 aromatic heterocycles. The van der Waals surface area contributed by atoms with Crippen LogP contribution in [-0.2, 0) is 10.3 Å². The molecule has 0 saturated carbocycles. The number of ether oxygens (including phenoxy) is 1. The molecule has 0 bridgehead atoms. The van der Waals surface area contributed by atoms with Gasteiger partial charge < -0.3 is 4.74 Å². The highest BCUT2D eigenvalue weighted by atomic mass is 127. The summed E-state index contributed by atoms with van der Waals surface area (Å²) in [6.07, 6.45) is 0. The Balaban J connectivity index is 2.24. The first kappa shape index (κ1) is 13.2. The van der Waals surface area contributed by atoms with Gasteiger partial charge in [0.1, 0.15) is 0 Å².